The molecule has 0 amide bonds. The predicted octanol–water partition coefficient (Wildman–Crippen LogP) is 2.26. The molecule has 0 atom stereocenters. The van der Waals surface area contributed by atoms with Crippen LogP contribution in [0.5, 0.6) is 0 Å². The van der Waals surface area contributed by atoms with Crippen molar-refractivity contribution in [3.8, 4) is 0 Å². The van der Waals surface area contributed by atoms with Crippen LogP contribution in [0.4, 0.5) is 4.39 Å². The first kappa shape index (κ1) is 13.7. The first-order valence-corrected chi connectivity index (χ1v) is 7.44. The van der Waals surface area contributed by atoms with Crippen LogP contribution < -0.4 is 5.73 Å². The van der Waals surface area contributed by atoms with Crippen molar-refractivity contribution in [3.63, 3.8) is 0 Å². The summed E-state index contributed by atoms with van der Waals surface area (Å²) in [7, 11) is -3.54. The van der Waals surface area contributed by atoms with Crippen molar-refractivity contribution in [2.45, 2.75) is 17.2 Å². The Kier molecular flexibility index (Phi) is 3.97. The Morgan fingerprint density at radius 1 is 0.947 bits per heavy atom. The number of hydrogen-bond donors (Lipinski definition) is 1. The molecule has 0 fully saturated rings. The number of hydrogen-bond acceptors (Lipinski definition) is 3. The molecule has 5 heteroatoms. The van der Waals surface area contributed by atoms with Gasteiger partial charge >= 0.3 is 0 Å². The molecule has 3 nitrogen and oxygen atoms in total. The third kappa shape index (κ3) is 3.00. The largest absolute Gasteiger partial charge is 0.326 e. The third-order valence-corrected chi connectivity index (χ3v) is 4.51. The van der Waals surface area contributed by atoms with E-state index in [1.165, 1.54) is 18.2 Å². The van der Waals surface area contributed by atoms with Crippen LogP contribution in [0, 0.1) is 5.82 Å². The second-order valence-corrected chi connectivity index (χ2v) is 6.16. The molecule has 0 radical (unpaired) electrons. The van der Waals surface area contributed by atoms with E-state index in [4.69, 9.17) is 5.73 Å². The molecule has 2 aromatic rings. The topological polar surface area (TPSA) is 60.2 Å². The molecule has 0 spiro atoms. The molecule has 0 heterocycles. The molecule has 0 bridgehead atoms. The van der Waals surface area contributed by atoms with Gasteiger partial charge in [-0.05, 0) is 12.1 Å². The maximum atomic E-state index is 14.0. The number of halogens is 1. The van der Waals surface area contributed by atoms with Crippen molar-refractivity contribution < 1.29 is 12.8 Å². The number of benzene rings is 2. The van der Waals surface area contributed by atoms with Gasteiger partial charge in [-0.2, -0.15) is 0 Å². The van der Waals surface area contributed by atoms with Crippen molar-refractivity contribution in [2.24, 2.45) is 5.73 Å². The standard InChI is InChI=1S/C14H14FNO2S/c15-14-11(9-16)5-4-6-12(14)10-19(17,18)13-7-2-1-3-8-13/h1-8H,9-10,16H2. The second kappa shape index (κ2) is 5.50. The molecule has 0 unspecified atom stereocenters. The van der Waals surface area contributed by atoms with Crippen LogP contribution in [-0.4, -0.2) is 8.42 Å². The molecular weight excluding hydrogens is 265 g/mol. The molecule has 2 N–H and O–H groups in total. The Morgan fingerprint density at radius 2 is 1.58 bits per heavy atom. The summed E-state index contributed by atoms with van der Waals surface area (Å²) in [6.07, 6.45) is 0. The first-order chi connectivity index (χ1) is 9.04. The predicted molar refractivity (Wildman–Crippen MR) is 71.6 cm³/mol. The molecule has 0 aromatic heterocycles. The van der Waals surface area contributed by atoms with Gasteiger partial charge in [0.25, 0.3) is 0 Å². The maximum absolute atomic E-state index is 14.0. The van der Waals surface area contributed by atoms with Gasteiger partial charge in [0.15, 0.2) is 9.84 Å². The summed E-state index contributed by atoms with van der Waals surface area (Å²) in [5, 5.41) is 0. The fraction of sp³-hybridized carbons (Fsp3) is 0.143. The van der Waals surface area contributed by atoms with Crippen LogP contribution in [0.2, 0.25) is 0 Å². The van der Waals surface area contributed by atoms with Crippen molar-refractivity contribution in [2.75, 3.05) is 0 Å². The fourth-order valence-electron chi connectivity index (χ4n) is 1.82. The van der Waals surface area contributed by atoms with Crippen LogP contribution in [-0.2, 0) is 22.1 Å². The summed E-state index contributed by atoms with van der Waals surface area (Å²) in [5.74, 6) is -0.902. The Bertz CT molecular complexity index is 669. The number of nitrogens with two attached hydrogens (primary N) is 1. The molecule has 0 aliphatic rings. The van der Waals surface area contributed by atoms with E-state index < -0.39 is 15.7 Å². The van der Waals surface area contributed by atoms with E-state index in [2.05, 4.69) is 0 Å². The summed E-state index contributed by atoms with van der Waals surface area (Å²) < 4.78 is 38.3. The van der Waals surface area contributed by atoms with E-state index in [-0.39, 0.29) is 22.8 Å². The Hall–Kier alpha value is -1.72. The first-order valence-electron chi connectivity index (χ1n) is 5.79. The molecule has 2 rings (SSSR count). The fourth-order valence-corrected chi connectivity index (χ4v) is 3.19. The summed E-state index contributed by atoms with van der Waals surface area (Å²) in [6.45, 7) is 0.0467. The van der Waals surface area contributed by atoms with Gasteiger partial charge < -0.3 is 5.73 Å². The summed E-state index contributed by atoms with van der Waals surface area (Å²) in [5.41, 5.74) is 5.87. The summed E-state index contributed by atoms with van der Waals surface area (Å²) in [4.78, 5) is 0.188. The number of rotatable bonds is 4. The van der Waals surface area contributed by atoms with E-state index in [0.717, 1.165) is 0 Å². The molecule has 0 aliphatic heterocycles. The zero-order chi connectivity index (χ0) is 13.9. The SMILES string of the molecule is NCc1cccc(CS(=O)(=O)c2ccccc2)c1F. The lowest BCUT2D eigenvalue weighted by molar-refractivity contribution is 0.582. The average Bonchev–Trinajstić information content (AvgIpc) is 2.42. The lowest BCUT2D eigenvalue weighted by Gasteiger charge is -2.08. The Labute approximate surface area is 111 Å². The van der Waals surface area contributed by atoms with Crippen LogP contribution in [0.25, 0.3) is 0 Å². The highest BCUT2D eigenvalue weighted by atomic mass is 32.2. The normalized spacial score (nSPS) is 11.5. The van der Waals surface area contributed by atoms with Crippen LogP contribution >= 0.6 is 0 Å². The molecule has 0 aliphatic carbocycles. The van der Waals surface area contributed by atoms with E-state index in [1.807, 2.05) is 0 Å². The van der Waals surface area contributed by atoms with E-state index in [9.17, 15) is 12.8 Å². The van der Waals surface area contributed by atoms with Crippen LogP contribution in [0.3, 0.4) is 0 Å². The maximum Gasteiger partial charge on any atom is 0.182 e. The van der Waals surface area contributed by atoms with Gasteiger partial charge in [-0.1, -0.05) is 36.4 Å². The van der Waals surface area contributed by atoms with Gasteiger partial charge in [-0.15, -0.1) is 0 Å². The zero-order valence-corrected chi connectivity index (χ0v) is 11.0. The highest BCUT2D eigenvalue weighted by molar-refractivity contribution is 7.90. The minimum absolute atomic E-state index is 0.0467. The summed E-state index contributed by atoms with van der Waals surface area (Å²) in [6, 6.07) is 12.6. The molecule has 0 saturated heterocycles. The smallest absolute Gasteiger partial charge is 0.182 e. The van der Waals surface area contributed by atoms with Gasteiger partial charge in [-0.25, -0.2) is 12.8 Å². The molecule has 100 valence electrons. The molecule has 19 heavy (non-hydrogen) atoms. The van der Waals surface area contributed by atoms with Crippen LogP contribution in [0.15, 0.2) is 53.4 Å². The van der Waals surface area contributed by atoms with Crippen molar-refractivity contribution in [3.05, 3.63) is 65.5 Å². The van der Waals surface area contributed by atoms with Crippen molar-refractivity contribution in [1.29, 1.82) is 0 Å². The Morgan fingerprint density at radius 3 is 2.21 bits per heavy atom. The van der Waals surface area contributed by atoms with Gasteiger partial charge in [0.1, 0.15) is 5.82 Å². The zero-order valence-electron chi connectivity index (χ0n) is 10.2. The van der Waals surface area contributed by atoms with Crippen molar-refractivity contribution >= 4 is 9.84 Å². The monoisotopic (exact) mass is 279 g/mol. The third-order valence-electron chi connectivity index (χ3n) is 2.83. The molecular formula is C14H14FNO2S. The molecule has 2 aromatic carbocycles. The highest BCUT2D eigenvalue weighted by Gasteiger charge is 2.18. The van der Waals surface area contributed by atoms with Crippen molar-refractivity contribution in [1.82, 2.24) is 0 Å². The van der Waals surface area contributed by atoms with Crippen LogP contribution in [0.1, 0.15) is 11.1 Å². The minimum atomic E-state index is -3.54. The van der Waals surface area contributed by atoms with E-state index in [0.29, 0.717) is 5.56 Å². The lowest BCUT2D eigenvalue weighted by Crippen LogP contribution is -2.09. The average molecular weight is 279 g/mol. The minimum Gasteiger partial charge on any atom is -0.326 e. The van der Waals surface area contributed by atoms with Gasteiger partial charge in [0.2, 0.25) is 0 Å². The van der Waals surface area contributed by atoms with E-state index >= 15 is 0 Å². The Balaban J connectivity index is 2.37. The van der Waals surface area contributed by atoms with Gasteiger partial charge in [0, 0.05) is 17.7 Å². The molecule has 0 saturated carbocycles. The quantitative estimate of drug-likeness (QED) is 0.934. The lowest BCUT2D eigenvalue weighted by atomic mass is 10.1. The summed E-state index contributed by atoms with van der Waals surface area (Å²) >= 11 is 0. The van der Waals surface area contributed by atoms with E-state index in [1.54, 1.807) is 30.3 Å². The number of sulfone groups is 1. The second-order valence-electron chi connectivity index (χ2n) is 4.17. The van der Waals surface area contributed by atoms with Gasteiger partial charge in [0.05, 0.1) is 10.6 Å². The van der Waals surface area contributed by atoms with Gasteiger partial charge in [-0.3, -0.25) is 0 Å². The highest BCUT2D eigenvalue weighted by Crippen LogP contribution is 2.20.